The first-order valence-corrected chi connectivity index (χ1v) is 7.28. The molecule has 108 valence electrons. The first-order chi connectivity index (χ1) is 9.21. The molecule has 2 nitrogen and oxygen atoms in total. The van der Waals surface area contributed by atoms with Gasteiger partial charge in [0, 0.05) is 6.54 Å². The molecule has 0 heterocycles. The molecule has 0 amide bonds. The van der Waals surface area contributed by atoms with Crippen LogP contribution in [-0.4, -0.2) is 13.2 Å². The average Bonchev–Trinajstić information content (AvgIpc) is 2.43. The van der Waals surface area contributed by atoms with E-state index in [1.54, 1.807) is 6.07 Å². The maximum atomic E-state index is 13.2. The summed E-state index contributed by atoms with van der Waals surface area (Å²) in [6.07, 6.45) is 4.54. The molecule has 0 aliphatic carbocycles. The van der Waals surface area contributed by atoms with E-state index in [1.165, 1.54) is 31.4 Å². The molecule has 1 aromatic carbocycles. The van der Waals surface area contributed by atoms with Gasteiger partial charge in [0.2, 0.25) is 0 Å². The smallest absolute Gasteiger partial charge is 0.123 e. The Hall–Kier alpha value is -0.930. The fourth-order valence-electron chi connectivity index (χ4n) is 2.16. The van der Waals surface area contributed by atoms with E-state index in [0.29, 0.717) is 19.1 Å². The Morgan fingerprint density at radius 3 is 2.68 bits per heavy atom. The van der Waals surface area contributed by atoms with Gasteiger partial charge in [-0.15, -0.1) is 0 Å². The number of ether oxygens (including phenoxy) is 1. The number of halogens is 1. The van der Waals surface area contributed by atoms with Crippen LogP contribution in [-0.2, 0) is 4.74 Å². The number of rotatable bonds is 9. The van der Waals surface area contributed by atoms with E-state index in [0.717, 1.165) is 12.0 Å². The van der Waals surface area contributed by atoms with E-state index >= 15 is 0 Å². The van der Waals surface area contributed by atoms with Crippen molar-refractivity contribution < 1.29 is 9.13 Å². The highest BCUT2D eigenvalue weighted by Gasteiger charge is 2.14. The summed E-state index contributed by atoms with van der Waals surface area (Å²) in [5.41, 5.74) is 6.56. The van der Waals surface area contributed by atoms with Gasteiger partial charge in [0.05, 0.1) is 12.7 Å². The quantitative estimate of drug-likeness (QED) is 0.732. The number of unbranched alkanes of at least 4 members (excludes halogenated alkanes) is 1. The van der Waals surface area contributed by atoms with Crippen LogP contribution in [0.3, 0.4) is 0 Å². The monoisotopic (exact) mass is 267 g/mol. The summed E-state index contributed by atoms with van der Waals surface area (Å²) in [7, 11) is 0. The molecule has 0 bridgehead atoms. The molecule has 0 spiro atoms. The first-order valence-electron chi connectivity index (χ1n) is 7.28. The normalized spacial score (nSPS) is 14.3. The molecule has 0 fully saturated rings. The third-order valence-corrected chi connectivity index (χ3v) is 3.51. The summed E-state index contributed by atoms with van der Waals surface area (Å²) in [4.78, 5) is 0. The van der Waals surface area contributed by atoms with Crippen molar-refractivity contribution >= 4 is 0 Å². The Morgan fingerprint density at radius 1 is 1.32 bits per heavy atom. The molecule has 0 aliphatic heterocycles. The van der Waals surface area contributed by atoms with Crippen LogP contribution < -0.4 is 5.73 Å². The van der Waals surface area contributed by atoms with Gasteiger partial charge in [-0.25, -0.2) is 4.39 Å². The van der Waals surface area contributed by atoms with Crippen LogP contribution in [0.4, 0.5) is 4.39 Å². The zero-order valence-corrected chi connectivity index (χ0v) is 12.1. The summed E-state index contributed by atoms with van der Waals surface area (Å²) in [5.74, 6) is 0.333. The third kappa shape index (κ3) is 5.70. The standard InChI is InChI=1S/C16H26FNO/c1-3-5-7-13(4-2)12-19-16(11-18)14-8-6-9-15(17)10-14/h6,8-10,13,16H,3-5,7,11-12,18H2,1-2H3. The lowest BCUT2D eigenvalue weighted by Gasteiger charge is -2.21. The summed E-state index contributed by atoms with van der Waals surface area (Å²) >= 11 is 0. The zero-order chi connectivity index (χ0) is 14.1. The lowest BCUT2D eigenvalue weighted by Crippen LogP contribution is -2.19. The van der Waals surface area contributed by atoms with Crippen molar-refractivity contribution in [1.29, 1.82) is 0 Å². The highest BCUT2D eigenvalue weighted by atomic mass is 19.1. The lowest BCUT2D eigenvalue weighted by atomic mass is 10.0. The molecule has 19 heavy (non-hydrogen) atoms. The van der Waals surface area contributed by atoms with E-state index in [1.807, 2.05) is 6.07 Å². The topological polar surface area (TPSA) is 35.2 Å². The second-order valence-electron chi connectivity index (χ2n) is 5.03. The van der Waals surface area contributed by atoms with Gasteiger partial charge in [0.15, 0.2) is 0 Å². The highest BCUT2D eigenvalue weighted by molar-refractivity contribution is 5.19. The van der Waals surface area contributed by atoms with Gasteiger partial charge in [-0.2, -0.15) is 0 Å². The fourth-order valence-corrected chi connectivity index (χ4v) is 2.16. The van der Waals surface area contributed by atoms with Crippen LogP contribution in [0.15, 0.2) is 24.3 Å². The molecular formula is C16H26FNO. The molecule has 1 rings (SSSR count). The van der Waals surface area contributed by atoms with Crippen LogP contribution in [0, 0.1) is 11.7 Å². The predicted octanol–water partition coefficient (Wildman–Crippen LogP) is 4.06. The van der Waals surface area contributed by atoms with Gasteiger partial charge < -0.3 is 10.5 Å². The number of benzene rings is 1. The summed E-state index contributed by atoms with van der Waals surface area (Å²) in [6, 6.07) is 6.51. The van der Waals surface area contributed by atoms with Crippen molar-refractivity contribution in [3.8, 4) is 0 Å². The van der Waals surface area contributed by atoms with E-state index in [2.05, 4.69) is 13.8 Å². The lowest BCUT2D eigenvalue weighted by molar-refractivity contribution is 0.0297. The number of hydrogen-bond acceptors (Lipinski definition) is 2. The second kappa shape index (κ2) is 9.05. The minimum atomic E-state index is -0.238. The summed E-state index contributed by atoms with van der Waals surface area (Å²) in [5, 5.41) is 0. The minimum Gasteiger partial charge on any atom is -0.372 e. The third-order valence-electron chi connectivity index (χ3n) is 3.51. The molecule has 0 aromatic heterocycles. The van der Waals surface area contributed by atoms with Crippen molar-refractivity contribution in [3.63, 3.8) is 0 Å². The summed E-state index contributed by atoms with van der Waals surface area (Å²) in [6.45, 7) is 5.47. The minimum absolute atomic E-state index is 0.202. The van der Waals surface area contributed by atoms with E-state index in [4.69, 9.17) is 10.5 Å². The van der Waals surface area contributed by atoms with Gasteiger partial charge in [-0.3, -0.25) is 0 Å². The van der Waals surface area contributed by atoms with Crippen molar-refractivity contribution in [2.24, 2.45) is 11.7 Å². The van der Waals surface area contributed by atoms with Crippen LogP contribution in [0.25, 0.3) is 0 Å². The van der Waals surface area contributed by atoms with Gasteiger partial charge in [0.25, 0.3) is 0 Å². The Bertz CT molecular complexity index is 356. The van der Waals surface area contributed by atoms with Crippen LogP contribution >= 0.6 is 0 Å². The molecule has 0 aliphatic rings. The zero-order valence-electron chi connectivity index (χ0n) is 12.1. The first kappa shape index (κ1) is 16.1. The van der Waals surface area contributed by atoms with E-state index in [-0.39, 0.29) is 11.9 Å². The van der Waals surface area contributed by atoms with Crippen LogP contribution in [0.2, 0.25) is 0 Å². The molecule has 2 unspecified atom stereocenters. The van der Waals surface area contributed by atoms with Crippen LogP contribution in [0.5, 0.6) is 0 Å². The molecule has 0 saturated carbocycles. The summed E-state index contributed by atoms with van der Waals surface area (Å²) < 4.78 is 19.1. The van der Waals surface area contributed by atoms with Crippen molar-refractivity contribution in [2.75, 3.05) is 13.2 Å². The van der Waals surface area contributed by atoms with Crippen molar-refractivity contribution in [1.82, 2.24) is 0 Å². The molecule has 3 heteroatoms. The largest absolute Gasteiger partial charge is 0.372 e. The highest BCUT2D eigenvalue weighted by Crippen LogP contribution is 2.20. The molecule has 2 atom stereocenters. The molecule has 1 aromatic rings. The Labute approximate surface area is 116 Å². The molecular weight excluding hydrogens is 241 g/mol. The second-order valence-corrected chi connectivity index (χ2v) is 5.03. The van der Waals surface area contributed by atoms with Gasteiger partial charge in [0.1, 0.15) is 5.82 Å². The average molecular weight is 267 g/mol. The number of nitrogens with two attached hydrogens (primary N) is 1. The van der Waals surface area contributed by atoms with Crippen molar-refractivity contribution in [2.45, 2.75) is 45.6 Å². The van der Waals surface area contributed by atoms with Crippen LogP contribution in [0.1, 0.15) is 51.2 Å². The maximum absolute atomic E-state index is 13.2. The van der Waals surface area contributed by atoms with Gasteiger partial charge in [-0.1, -0.05) is 45.2 Å². The Balaban J connectivity index is 2.52. The van der Waals surface area contributed by atoms with Gasteiger partial charge >= 0.3 is 0 Å². The Kier molecular flexibility index (Phi) is 7.68. The SMILES string of the molecule is CCCCC(CC)COC(CN)c1cccc(F)c1. The van der Waals surface area contributed by atoms with Gasteiger partial charge in [-0.05, 0) is 30.0 Å². The number of hydrogen-bond donors (Lipinski definition) is 1. The van der Waals surface area contributed by atoms with Crippen molar-refractivity contribution in [3.05, 3.63) is 35.6 Å². The van der Waals surface area contributed by atoms with E-state index < -0.39 is 0 Å². The Morgan fingerprint density at radius 2 is 2.11 bits per heavy atom. The van der Waals surface area contributed by atoms with E-state index in [9.17, 15) is 4.39 Å². The maximum Gasteiger partial charge on any atom is 0.123 e. The predicted molar refractivity (Wildman–Crippen MR) is 77.5 cm³/mol. The molecule has 0 radical (unpaired) electrons. The fraction of sp³-hybridized carbons (Fsp3) is 0.625. The molecule has 2 N–H and O–H groups in total. The molecule has 0 saturated heterocycles.